The molecular weight excluding hydrogens is 238 g/mol. The molecule has 110 valence electrons. The highest BCUT2D eigenvalue weighted by Crippen LogP contribution is 2.44. The highest BCUT2D eigenvalue weighted by atomic mass is 16.5. The first-order valence-electron chi connectivity index (χ1n) is 8.22. The summed E-state index contributed by atoms with van der Waals surface area (Å²) in [6, 6.07) is 0.627. The van der Waals surface area contributed by atoms with Crippen molar-refractivity contribution in [1.82, 2.24) is 5.32 Å². The third kappa shape index (κ3) is 2.98. The van der Waals surface area contributed by atoms with Crippen LogP contribution in [0, 0.1) is 11.8 Å². The summed E-state index contributed by atoms with van der Waals surface area (Å²) in [6.07, 6.45) is 10.4. The van der Waals surface area contributed by atoms with Gasteiger partial charge in [0, 0.05) is 19.3 Å². The second-order valence-corrected chi connectivity index (χ2v) is 6.78. The Morgan fingerprint density at radius 3 is 2.58 bits per heavy atom. The van der Waals surface area contributed by atoms with Crippen LogP contribution in [0.3, 0.4) is 0 Å². The molecular formula is C16H29NO2. The molecule has 2 saturated heterocycles. The smallest absolute Gasteiger partial charge is 0.0685 e. The Balaban J connectivity index is 1.64. The summed E-state index contributed by atoms with van der Waals surface area (Å²) in [4.78, 5) is 0. The lowest BCUT2D eigenvalue weighted by Crippen LogP contribution is -2.49. The van der Waals surface area contributed by atoms with E-state index in [-0.39, 0.29) is 5.60 Å². The molecule has 2 heterocycles. The number of nitrogens with one attached hydrogen (secondary N) is 1. The monoisotopic (exact) mass is 267 g/mol. The lowest BCUT2D eigenvalue weighted by molar-refractivity contribution is -0.104. The third-order valence-corrected chi connectivity index (χ3v) is 5.59. The Bertz CT molecular complexity index is 282. The summed E-state index contributed by atoms with van der Waals surface area (Å²) in [5.41, 5.74) is 0.244. The summed E-state index contributed by atoms with van der Waals surface area (Å²) >= 11 is 0. The number of hydrogen-bond donors (Lipinski definition) is 1. The molecule has 3 rings (SSSR count). The van der Waals surface area contributed by atoms with E-state index in [4.69, 9.17) is 9.47 Å². The van der Waals surface area contributed by atoms with Gasteiger partial charge in [0.1, 0.15) is 0 Å². The SMILES string of the molecule is CNC(C1CCCOC1)C1CCOC2(CCCC2)C1. The van der Waals surface area contributed by atoms with Gasteiger partial charge in [-0.3, -0.25) is 0 Å². The largest absolute Gasteiger partial charge is 0.381 e. The quantitative estimate of drug-likeness (QED) is 0.853. The first kappa shape index (κ1) is 13.8. The van der Waals surface area contributed by atoms with Gasteiger partial charge in [0.25, 0.3) is 0 Å². The predicted octanol–water partition coefficient (Wildman–Crippen LogP) is 2.74. The normalized spacial score (nSPS) is 36.5. The van der Waals surface area contributed by atoms with Crippen LogP contribution in [0.25, 0.3) is 0 Å². The average molecular weight is 267 g/mol. The molecule has 3 heteroatoms. The molecule has 2 aliphatic heterocycles. The molecule has 3 atom stereocenters. The molecule has 0 aromatic carbocycles. The van der Waals surface area contributed by atoms with E-state index < -0.39 is 0 Å². The van der Waals surface area contributed by atoms with Gasteiger partial charge >= 0.3 is 0 Å². The van der Waals surface area contributed by atoms with Crippen molar-refractivity contribution in [3.05, 3.63) is 0 Å². The maximum absolute atomic E-state index is 6.18. The third-order valence-electron chi connectivity index (χ3n) is 5.59. The zero-order valence-electron chi connectivity index (χ0n) is 12.3. The first-order valence-corrected chi connectivity index (χ1v) is 8.22. The van der Waals surface area contributed by atoms with E-state index in [1.165, 1.54) is 51.4 Å². The molecule has 0 aromatic heterocycles. The minimum absolute atomic E-state index is 0.244. The van der Waals surface area contributed by atoms with Crippen molar-refractivity contribution < 1.29 is 9.47 Å². The maximum Gasteiger partial charge on any atom is 0.0685 e. The topological polar surface area (TPSA) is 30.5 Å². The van der Waals surface area contributed by atoms with Gasteiger partial charge in [-0.25, -0.2) is 0 Å². The molecule has 19 heavy (non-hydrogen) atoms. The standard InChI is InChI=1S/C16H29NO2/c1-17-15(14-5-4-9-18-12-14)13-6-10-19-16(11-13)7-2-3-8-16/h13-15,17H,2-12H2,1H3. The molecule has 3 unspecified atom stereocenters. The van der Waals surface area contributed by atoms with Crippen LogP contribution in [0.5, 0.6) is 0 Å². The van der Waals surface area contributed by atoms with E-state index in [1.54, 1.807) is 0 Å². The summed E-state index contributed by atoms with van der Waals surface area (Å²) in [5.74, 6) is 1.49. The van der Waals surface area contributed by atoms with Crippen molar-refractivity contribution in [3.8, 4) is 0 Å². The van der Waals surface area contributed by atoms with E-state index in [0.29, 0.717) is 12.0 Å². The van der Waals surface area contributed by atoms with Crippen molar-refractivity contribution in [1.29, 1.82) is 0 Å². The maximum atomic E-state index is 6.18. The Morgan fingerprint density at radius 2 is 1.89 bits per heavy atom. The van der Waals surface area contributed by atoms with Gasteiger partial charge in [0.2, 0.25) is 0 Å². The summed E-state index contributed by atoms with van der Waals surface area (Å²) in [5, 5.41) is 3.61. The lowest BCUT2D eigenvalue weighted by atomic mass is 9.75. The molecule has 1 aliphatic carbocycles. The molecule has 3 aliphatic rings. The van der Waals surface area contributed by atoms with Gasteiger partial charge in [-0.05, 0) is 57.4 Å². The van der Waals surface area contributed by atoms with Gasteiger partial charge in [0.15, 0.2) is 0 Å². The molecule has 3 fully saturated rings. The van der Waals surface area contributed by atoms with Crippen molar-refractivity contribution in [2.75, 3.05) is 26.9 Å². The Kier molecular flexibility index (Phi) is 4.45. The van der Waals surface area contributed by atoms with Gasteiger partial charge < -0.3 is 14.8 Å². The minimum atomic E-state index is 0.244. The minimum Gasteiger partial charge on any atom is -0.381 e. The fourth-order valence-electron chi connectivity index (χ4n) is 4.65. The Morgan fingerprint density at radius 1 is 1.05 bits per heavy atom. The fraction of sp³-hybridized carbons (Fsp3) is 1.00. The molecule has 3 nitrogen and oxygen atoms in total. The van der Waals surface area contributed by atoms with Crippen molar-refractivity contribution in [2.24, 2.45) is 11.8 Å². The lowest BCUT2D eigenvalue weighted by Gasteiger charge is -2.44. The highest BCUT2D eigenvalue weighted by molar-refractivity contribution is 4.95. The van der Waals surface area contributed by atoms with Crippen molar-refractivity contribution >= 4 is 0 Å². The molecule has 0 radical (unpaired) electrons. The number of ether oxygens (including phenoxy) is 2. The van der Waals surface area contributed by atoms with Crippen LogP contribution in [0.1, 0.15) is 51.4 Å². The molecule has 1 spiro atoms. The van der Waals surface area contributed by atoms with E-state index in [1.807, 2.05) is 0 Å². The van der Waals surface area contributed by atoms with E-state index >= 15 is 0 Å². The van der Waals surface area contributed by atoms with Crippen LogP contribution in [-0.2, 0) is 9.47 Å². The van der Waals surface area contributed by atoms with Gasteiger partial charge in [0.05, 0.1) is 12.2 Å². The van der Waals surface area contributed by atoms with Gasteiger partial charge in [-0.15, -0.1) is 0 Å². The van der Waals surface area contributed by atoms with E-state index in [0.717, 1.165) is 25.7 Å². The predicted molar refractivity (Wildman–Crippen MR) is 76.3 cm³/mol. The summed E-state index contributed by atoms with van der Waals surface area (Å²) in [7, 11) is 2.13. The summed E-state index contributed by atoms with van der Waals surface area (Å²) in [6.45, 7) is 2.89. The van der Waals surface area contributed by atoms with Crippen molar-refractivity contribution in [2.45, 2.75) is 63.0 Å². The van der Waals surface area contributed by atoms with Crippen LogP contribution in [0.4, 0.5) is 0 Å². The van der Waals surface area contributed by atoms with Crippen LogP contribution in [0.2, 0.25) is 0 Å². The average Bonchev–Trinajstić information content (AvgIpc) is 2.89. The van der Waals surface area contributed by atoms with Crippen LogP contribution < -0.4 is 5.32 Å². The zero-order chi connectivity index (χ0) is 13.1. The Labute approximate surface area is 117 Å². The van der Waals surface area contributed by atoms with E-state index in [9.17, 15) is 0 Å². The molecule has 1 N–H and O–H groups in total. The molecule has 0 aromatic rings. The molecule has 0 amide bonds. The van der Waals surface area contributed by atoms with Gasteiger partial charge in [-0.1, -0.05) is 12.8 Å². The molecule has 1 saturated carbocycles. The van der Waals surface area contributed by atoms with Crippen LogP contribution >= 0.6 is 0 Å². The zero-order valence-corrected chi connectivity index (χ0v) is 12.3. The fourth-order valence-corrected chi connectivity index (χ4v) is 4.65. The van der Waals surface area contributed by atoms with Crippen LogP contribution in [0.15, 0.2) is 0 Å². The first-order chi connectivity index (χ1) is 9.33. The Hall–Kier alpha value is -0.120. The van der Waals surface area contributed by atoms with Crippen molar-refractivity contribution in [3.63, 3.8) is 0 Å². The second-order valence-electron chi connectivity index (χ2n) is 6.78. The summed E-state index contributed by atoms with van der Waals surface area (Å²) < 4.78 is 11.9. The number of rotatable bonds is 3. The van der Waals surface area contributed by atoms with Crippen LogP contribution in [-0.4, -0.2) is 38.5 Å². The molecule has 0 bridgehead atoms. The highest BCUT2D eigenvalue weighted by Gasteiger charge is 2.43. The van der Waals surface area contributed by atoms with E-state index in [2.05, 4.69) is 12.4 Å². The van der Waals surface area contributed by atoms with Gasteiger partial charge in [-0.2, -0.15) is 0 Å². The number of hydrogen-bond acceptors (Lipinski definition) is 3. The second kappa shape index (κ2) is 6.11.